The van der Waals surface area contributed by atoms with Crippen molar-refractivity contribution in [3.8, 4) is 0 Å². The fourth-order valence-corrected chi connectivity index (χ4v) is 6.69. The number of carbonyl (C=O) groups excluding carboxylic acids is 2. The maximum atomic E-state index is 14.5. The van der Waals surface area contributed by atoms with Crippen LogP contribution in [0.4, 0.5) is 5.69 Å². The molecule has 0 aromatic heterocycles. The summed E-state index contributed by atoms with van der Waals surface area (Å²) in [4.78, 5) is 29.8. The third kappa shape index (κ3) is 9.19. The van der Waals surface area contributed by atoms with Crippen molar-refractivity contribution in [2.75, 3.05) is 17.4 Å². The number of unbranched alkanes of at least 4 members (excludes halogenated alkanes) is 1. The Labute approximate surface area is 271 Å². The molecular formula is C36H40ClN3O4S. The summed E-state index contributed by atoms with van der Waals surface area (Å²) in [5.41, 5.74) is 3.00. The number of hydrogen-bond acceptors (Lipinski definition) is 4. The number of carbonyl (C=O) groups is 2. The number of aryl methyl sites for hydroxylation is 1. The van der Waals surface area contributed by atoms with Crippen molar-refractivity contribution in [3.05, 3.63) is 131 Å². The molecule has 4 aromatic rings. The summed E-state index contributed by atoms with van der Waals surface area (Å²) in [6.45, 7) is 4.08. The topological polar surface area (TPSA) is 86.8 Å². The van der Waals surface area contributed by atoms with E-state index in [4.69, 9.17) is 11.6 Å². The average molecular weight is 646 g/mol. The molecule has 7 nitrogen and oxygen atoms in total. The summed E-state index contributed by atoms with van der Waals surface area (Å²) in [5, 5.41) is 3.50. The first-order valence-corrected chi connectivity index (χ1v) is 17.1. The van der Waals surface area contributed by atoms with Crippen LogP contribution in [0.3, 0.4) is 0 Å². The van der Waals surface area contributed by atoms with Gasteiger partial charge in [-0.3, -0.25) is 13.9 Å². The van der Waals surface area contributed by atoms with Gasteiger partial charge in [-0.1, -0.05) is 105 Å². The van der Waals surface area contributed by atoms with Gasteiger partial charge in [-0.2, -0.15) is 0 Å². The Morgan fingerprint density at radius 3 is 2.07 bits per heavy atom. The fourth-order valence-electron chi connectivity index (χ4n) is 5.04. The van der Waals surface area contributed by atoms with Crippen LogP contribution in [0.5, 0.6) is 0 Å². The molecule has 0 saturated carbocycles. The van der Waals surface area contributed by atoms with E-state index in [-0.39, 0.29) is 23.8 Å². The lowest BCUT2D eigenvalue weighted by molar-refractivity contribution is -0.140. The van der Waals surface area contributed by atoms with Gasteiger partial charge in [-0.15, -0.1) is 0 Å². The highest BCUT2D eigenvalue weighted by atomic mass is 35.5. The molecule has 0 saturated heterocycles. The molecule has 0 bridgehead atoms. The zero-order chi connectivity index (χ0) is 32.2. The molecule has 0 heterocycles. The van der Waals surface area contributed by atoms with Crippen LogP contribution in [0.2, 0.25) is 5.02 Å². The third-order valence-electron chi connectivity index (χ3n) is 7.59. The van der Waals surface area contributed by atoms with Crippen LogP contribution in [0, 0.1) is 0 Å². The Kier molecular flexibility index (Phi) is 12.2. The fraction of sp³-hybridized carbons (Fsp3) is 0.278. The number of amides is 2. The van der Waals surface area contributed by atoms with Crippen LogP contribution in [-0.4, -0.2) is 44.3 Å². The lowest BCUT2D eigenvalue weighted by Gasteiger charge is -2.34. The standard InChI is InChI=1S/C36H40ClN3O4S/c1-3-5-23-38-36(42)34(25-29-13-8-6-9-14-29)39(26-30-15-12-16-31(37)24-30)35(41)27-40(32-21-19-28(4-2)20-22-32)45(43,44)33-17-10-7-11-18-33/h6-22,24,34H,3-5,23,25-27H2,1-2H3,(H,38,42)/t34-/m0/s1. The summed E-state index contributed by atoms with van der Waals surface area (Å²) < 4.78 is 29.3. The van der Waals surface area contributed by atoms with E-state index in [1.165, 1.54) is 17.0 Å². The smallest absolute Gasteiger partial charge is 0.264 e. The molecule has 0 aliphatic rings. The number of anilines is 1. The molecule has 0 spiro atoms. The van der Waals surface area contributed by atoms with E-state index in [0.29, 0.717) is 17.3 Å². The van der Waals surface area contributed by atoms with E-state index in [1.807, 2.05) is 62.4 Å². The molecule has 0 radical (unpaired) electrons. The van der Waals surface area contributed by atoms with E-state index in [9.17, 15) is 18.0 Å². The molecule has 9 heteroatoms. The van der Waals surface area contributed by atoms with Crippen molar-refractivity contribution in [1.82, 2.24) is 10.2 Å². The van der Waals surface area contributed by atoms with Gasteiger partial charge in [0.2, 0.25) is 11.8 Å². The Morgan fingerprint density at radius 1 is 0.800 bits per heavy atom. The Hall–Kier alpha value is -4.14. The lowest BCUT2D eigenvalue weighted by atomic mass is 10.0. The van der Waals surface area contributed by atoms with Gasteiger partial charge in [-0.25, -0.2) is 8.42 Å². The first kappa shape index (κ1) is 33.7. The first-order chi connectivity index (χ1) is 21.7. The summed E-state index contributed by atoms with van der Waals surface area (Å²) in [6.07, 6.45) is 2.73. The van der Waals surface area contributed by atoms with E-state index in [1.54, 1.807) is 48.5 Å². The highest BCUT2D eigenvalue weighted by Gasteiger charge is 2.34. The number of hydrogen-bond donors (Lipinski definition) is 1. The van der Waals surface area contributed by atoms with Gasteiger partial charge >= 0.3 is 0 Å². The lowest BCUT2D eigenvalue weighted by Crippen LogP contribution is -2.53. The molecule has 45 heavy (non-hydrogen) atoms. The van der Waals surface area contributed by atoms with Gasteiger partial charge in [0.25, 0.3) is 10.0 Å². The minimum absolute atomic E-state index is 0.0616. The summed E-state index contributed by atoms with van der Waals surface area (Å²) in [5.74, 6) is -0.812. The van der Waals surface area contributed by atoms with Crippen molar-refractivity contribution in [1.29, 1.82) is 0 Å². The first-order valence-electron chi connectivity index (χ1n) is 15.2. The summed E-state index contributed by atoms with van der Waals surface area (Å²) in [7, 11) is -4.14. The maximum Gasteiger partial charge on any atom is 0.264 e. The molecular weight excluding hydrogens is 606 g/mol. The van der Waals surface area contributed by atoms with E-state index in [0.717, 1.165) is 40.3 Å². The van der Waals surface area contributed by atoms with Crippen LogP contribution in [-0.2, 0) is 39.0 Å². The van der Waals surface area contributed by atoms with Crippen LogP contribution in [0.15, 0.2) is 114 Å². The molecule has 1 N–H and O–H groups in total. The second-order valence-corrected chi connectivity index (χ2v) is 13.1. The SMILES string of the molecule is CCCCNC(=O)[C@H](Cc1ccccc1)N(Cc1cccc(Cl)c1)C(=O)CN(c1ccc(CC)cc1)S(=O)(=O)c1ccccc1. The average Bonchev–Trinajstić information content (AvgIpc) is 3.06. The van der Waals surface area contributed by atoms with Crippen LogP contribution < -0.4 is 9.62 Å². The number of sulfonamides is 1. The number of rotatable bonds is 15. The maximum absolute atomic E-state index is 14.5. The second kappa shape index (κ2) is 16.3. The second-order valence-electron chi connectivity index (χ2n) is 10.8. The molecule has 0 fully saturated rings. The van der Waals surface area contributed by atoms with Crippen molar-refractivity contribution >= 4 is 39.1 Å². The van der Waals surface area contributed by atoms with E-state index >= 15 is 0 Å². The number of nitrogens with one attached hydrogen (secondary N) is 1. The molecule has 2 amide bonds. The summed E-state index contributed by atoms with van der Waals surface area (Å²) in [6, 6.07) is 30.9. The quantitative estimate of drug-likeness (QED) is 0.147. The monoisotopic (exact) mass is 645 g/mol. The number of nitrogens with zero attached hydrogens (tertiary/aromatic N) is 2. The van der Waals surface area contributed by atoms with Gasteiger partial charge in [0, 0.05) is 24.5 Å². The molecule has 4 rings (SSSR count). The minimum atomic E-state index is -4.14. The van der Waals surface area contributed by atoms with Crippen LogP contribution in [0.25, 0.3) is 0 Å². The predicted molar refractivity (Wildman–Crippen MR) is 181 cm³/mol. The summed E-state index contributed by atoms with van der Waals surface area (Å²) >= 11 is 6.31. The molecule has 236 valence electrons. The Balaban J connectivity index is 1.78. The van der Waals surface area contributed by atoms with Gasteiger partial charge in [-0.05, 0) is 65.9 Å². The van der Waals surface area contributed by atoms with Crippen molar-refractivity contribution in [3.63, 3.8) is 0 Å². The van der Waals surface area contributed by atoms with Crippen molar-refractivity contribution in [2.24, 2.45) is 0 Å². The minimum Gasteiger partial charge on any atom is -0.354 e. The Bertz CT molecular complexity index is 1650. The van der Waals surface area contributed by atoms with Gasteiger partial charge < -0.3 is 10.2 Å². The van der Waals surface area contributed by atoms with E-state index < -0.39 is 28.5 Å². The van der Waals surface area contributed by atoms with E-state index in [2.05, 4.69) is 5.32 Å². The molecule has 0 unspecified atom stereocenters. The van der Waals surface area contributed by atoms with Gasteiger partial charge in [0.1, 0.15) is 12.6 Å². The molecule has 4 aromatic carbocycles. The van der Waals surface area contributed by atoms with Crippen molar-refractivity contribution < 1.29 is 18.0 Å². The highest BCUT2D eigenvalue weighted by molar-refractivity contribution is 7.92. The zero-order valence-electron chi connectivity index (χ0n) is 25.7. The highest BCUT2D eigenvalue weighted by Crippen LogP contribution is 2.26. The predicted octanol–water partition coefficient (Wildman–Crippen LogP) is 6.65. The van der Waals surface area contributed by atoms with Crippen LogP contribution in [0.1, 0.15) is 43.4 Å². The molecule has 0 aliphatic carbocycles. The normalized spacial score (nSPS) is 11.9. The van der Waals surface area contributed by atoms with Gasteiger partial charge in [0.15, 0.2) is 0 Å². The molecule has 1 atom stereocenters. The molecule has 0 aliphatic heterocycles. The Morgan fingerprint density at radius 2 is 1.44 bits per heavy atom. The zero-order valence-corrected chi connectivity index (χ0v) is 27.3. The third-order valence-corrected chi connectivity index (χ3v) is 9.61. The van der Waals surface area contributed by atoms with Crippen molar-refractivity contribution in [2.45, 2.75) is 57.0 Å². The number of benzene rings is 4. The largest absolute Gasteiger partial charge is 0.354 e. The van der Waals surface area contributed by atoms with Crippen LogP contribution >= 0.6 is 11.6 Å². The van der Waals surface area contributed by atoms with Gasteiger partial charge in [0.05, 0.1) is 10.6 Å². The number of halogens is 1.